The fourth-order valence-electron chi connectivity index (χ4n) is 2.62. The van der Waals surface area contributed by atoms with E-state index in [2.05, 4.69) is 26.1 Å². The van der Waals surface area contributed by atoms with Crippen LogP contribution in [0.4, 0.5) is 10.1 Å². The predicted molar refractivity (Wildman–Crippen MR) is 85.5 cm³/mol. The molecule has 3 N–H and O–H groups in total. The lowest BCUT2D eigenvalue weighted by Gasteiger charge is -2.33. The molecule has 2 rings (SSSR count). The normalized spacial score (nSPS) is 18.5. The highest BCUT2D eigenvalue weighted by atomic mass is 79.9. The van der Waals surface area contributed by atoms with E-state index in [9.17, 15) is 9.18 Å². The van der Waals surface area contributed by atoms with Crippen LogP contribution in [0.3, 0.4) is 0 Å². The molecule has 0 bridgehead atoms. The van der Waals surface area contributed by atoms with Crippen molar-refractivity contribution in [3.8, 4) is 0 Å². The molecule has 1 aliphatic heterocycles. The molecular weight excluding hydrogens is 337 g/mol. The monoisotopic (exact) mass is 357 g/mol. The Morgan fingerprint density at radius 1 is 1.52 bits per heavy atom. The second-order valence-electron chi connectivity index (χ2n) is 5.65. The standard InChI is InChI=1S/C15H21BrFN3O/c1-10(18)11-4-6-20(7-5-11)9-15(21)19-14-3-2-12(16)8-13(14)17/h2-3,8,10-11H,4-7,9,18H2,1H3,(H,19,21). The molecule has 1 heterocycles. The van der Waals surface area contributed by atoms with Gasteiger partial charge in [-0.1, -0.05) is 15.9 Å². The van der Waals surface area contributed by atoms with Gasteiger partial charge in [0.15, 0.2) is 0 Å². The van der Waals surface area contributed by atoms with Crippen LogP contribution in [0, 0.1) is 11.7 Å². The third-order valence-corrected chi connectivity index (χ3v) is 4.44. The summed E-state index contributed by atoms with van der Waals surface area (Å²) >= 11 is 3.19. The van der Waals surface area contributed by atoms with E-state index in [4.69, 9.17) is 5.73 Å². The topological polar surface area (TPSA) is 58.4 Å². The van der Waals surface area contributed by atoms with E-state index in [1.54, 1.807) is 12.1 Å². The molecule has 1 atom stereocenters. The number of nitrogens with one attached hydrogen (secondary N) is 1. The van der Waals surface area contributed by atoms with E-state index < -0.39 is 5.82 Å². The summed E-state index contributed by atoms with van der Waals surface area (Å²) in [7, 11) is 0. The summed E-state index contributed by atoms with van der Waals surface area (Å²) in [4.78, 5) is 14.1. The van der Waals surface area contributed by atoms with Crippen molar-refractivity contribution in [1.29, 1.82) is 0 Å². The Labute approximate surface area is 133 Å². The lowest BCUT2D eigenvalue weighted by molar-refractivity contribution is -0.117. The third kappa shape index (κ3) is 4.76. The molecule has 1 amide bonds. The van der Waals surface area contributed by atoms with E-state index in [0.29, 0.717) is 16.9 Å². The van der Waals surface area contributed by atoms with Gasteiger partial charge in [0.25, 0.3) is 0 Å². The number of nitrogens with zero attached hydrogens (tertiary/aromatic N) is 1. The number of carbonyl (C=O) groups excluding carboxylic acids is 1. The third-order valence-electron chi connectivity index (χ3n) is 3.95. The fraction of sp³-hybridized carbons (Fsp3) is 0.533. The van der Waals surface area contributed by atoms with Crippen molar-refractivity contribution < 1.29 is 9.18 Å². The number of hydrogen-bond donors (Lipinski definition) is 2. The van der Waals surface area contributed by atoms with Gasteiger partial charge in [0.05, 0.1) is 12.2 Å². The summed E-state index contributed by atoms with van der Waals surface area (Å²) in [6.45, 7) is 4.05. The zero-order chi connectivity index (χ0) is 15.4. The molecule has 0 saturated carbocycles. The van der Waals surface area contributed by atoms with Gasteiger partial charge in [-0.3, -0.25) is 9.69 Å². The quantitative estimate of drug-likeness (QED) is 0.870. The Hall–Kier alpha value is -0.980. The zero-order valence-corrected chi connectivity index (χ0v) is 13.7. The average molecular weight is 358 g/mol. The number of amides is 1. The van der Waals surface area contributed by atoms with Crippen LogP contribution in [0.5, 0.6) is 0 Å². The maximum absolute atomic E-state index is 13.7. The molecule has 0 aliphatic carbocycles. The van der Waals surface area contributed by atoms with Crippen molar-refractivity contribution >= 4 is 27.5 Å². The second kappa shape index (κ2) is 7.33. The van der Waals surface area contributed by atoms with E-state index >= 15 is 0 Å². The highest BCUT2D eigenvalue weighted by Crippen LogP contribution is 2.21. The molecule has 1 unspecified atom stereocenters. The molecular formula is C15H21BrFN3O. The number of hydrogen-bond acceptors (Lipinski definition) is 3. The van der Waals surface area contributed by atoms with Crippen LogP contribution >= 0.6 is 15.9 Å². The Morgan fingerprint density at radius 3 is 2.76 bits per heavy atom. The summed E-state index contributed by atoms with van der Waals surface area (Å²) in [5.41, 5.74) is 6.12. The van der Waals surface area contributed by atoms with Gasteiger partial charge in [-0.2, -0.15) is 0 Å². The van der Waals surface area contributed by atoms with Gasteiger partial charge in [-0.15, -0.1) is 0 Å². The molecule has 6 heteroatoms. The maximum Gasteiger partial charge on any atom is 0.238 e. The lowest BCUT2D eigenvalue weighted by atomic mass is 9.91. The van der Waals surface area contributed by atoms with Gasteiger partial charge in [0.1, 0.15) is 5.82 Å². The summed E-state index contributed by atoms with van der Waals surface area (Å²) in [5.74, 6) is -0.0860. The van der Waals surface area contributed by atoms with Crippen molar-refractivity contribution in [1.82, 2.24) is 4.90 Å². The van der Waals surface area contributed by atoms with Crippen LogP contribution in [0.25, 0.3) is 0 Å². The molecule has 0 radical (unpaired) electrons. The fourth-order valence-corrected chi connectivity index (χ4v) is 2.95. The van der Waals surface area contributed by atoms with E-state index in [1.165, 1.54) is 6.07 Å². The number of rotatable bonds is 4. The Kier molecular flexibility index (Phi) is 5.72. The largest absolute Gasteiger partial charge is 0.328 e. The maximum atomic E-state index is 13.7. The van der Waals surface area contributed by atoms with Crippen LogP contribution in [0.2, 0.25) is 0 Å². The van der Waals surface area contributed by atoms with Gasteiger partial charge in [0.2, 0.25) is 5.91 Å². The number of carbonyl (C=O) groups is 1. The van der Waals surface area contributed by atoms with Crippen molar-refractivity contribution in [2.45, 2.75) is 25.8 Å². The predicted octanol–water partition coefficient (Wildman–Crippen LogP) is 2.59. The molecule has 0 spiro atoms. The summed E-state index contributed by atoms with van der Waals surface area (Å²) in [6, 6.07) is 4.80. The molecule has 4 nitrogen and oxygen atoms in total. The van der Waals surface area contributed by atoms with Crippen molar-refractivity contribution in [2.24, 2.45) is 11.7 Å². The Bertz CT molecular complexity index is 502. The minimum atomic E-state index is -0.437. The number of piperidine rings is 1. The van der Waals surface area contributed by atoms with Gasteiger partial charge < -0.3 is 11.1 Å². The number of benzene rings is 1. The first-order valence-electron chi connectivity index (χ1n) is 7.18. The molecule has 1 aromatic carbocycles. The van der Waals surface area contributed by atoms with Crippen LogP contribution < -0.4 is 11.1 Å². The van der Waals surface area contributed by atoms with Crippen molar-refractivity contribution in [3.05, 3.63) is 28.5 Å². The van der Waals surface area contributed by atoms with Gasteiger partial charge in [-0.25, -0.2) is 4.39 Å². The summed E-state index contributed by atoms with van der Waals surface area (Å²) in [5, 5.41) is 2.62. The SMILES string of the molecule is CC(N)C1CCN(CC(=O)Nc2ccc(Br)cc2F)CC1. The highest BCUT2D eigenvalue weighted by Gasteiger charge is 2.23. The van der Waals surface area contributed by atoms with Crippen LogP contribution in [0.15, 0.2) is 22.7 Å². The minimum absolute atomic E-state index is 0.185. The van der Waals surface area contributed by atoms with Crippen molar-refractivity contribution in [2.75, 3.05) is 25.0 Å². The molecule has 0 aromatic heterocycles. The molecule has 116 valence electrons. The zero-order valence-electron chi connectivity index (χ0n) is 12.1. The molecule has 1 saturated heterocycles. The number of nitrogens with two attached hydrogens (primary N) is 1. The Morgan fingerprint density at radius 2 is 2.19 bits per heavy atom. The van der Waals surface area contributed by atoms with Gasteiger partial charge >= 0.3 is 0 Å². The Balaban J connectivity index is 1.83. The minimum Gasteiger partial charge on any atom is -0.328 e. The van der Waals surface area contributed by atoms with E-state index in [0.717, 1.165) is 25.9 Å². The molecule has 1 aliphatic rings. The molecule has 1 aromatic rings. The highest BCUT2D eigenvalue weighted by molar-refractivity contribution is 9.10. The first-order valence-corrected chi connectivity index (χ1v) is 7.98. The summed E-state index contributed by atoms with van der Waals surface area (Å²) < 4.78 is 14.3. The average Bonchev–Trinajstić information content (AvgIpc) is 2.42. The second-order valence-corrected chi connectivity index (χ2v) is 6.56. The smallest absolute Gasteiger partial charge is 0.238 e. The van der Waals surface area contributed by atoms with Crippen LogP contribution in [0.1, 0.15) is 19.8 Å². The first kappa shape index (κ1) is 16.4. The van der Waals surface area contributed by atoms with Gasteiger partial charge in [-0.05, 0) is 57.0 Å². The number of halogens is 2. The van der Waals surface area contributed by atoms with Gasteiger partial charge in [0, 0.05) is 10.5 Å². The first-order chi connectivity index (χ1) is 9.95. The van der Waals surface area contributed by atoms with E-state index in [1.807, 2.05) is 6.92 Å². The van der Waals surface area contributed by atoms with E-state index in [-0.39, 0.29) is 17.6 Å². The van der Waals surface area contributed by atoms with Crippen LogP contribution in [-0.4, -0.2) is 36.5 Å². The number of anilines is 1. The number of likely N-dealkylation sites (tertiary alicyclic amines) is 1. The molecule has 21 heavy (non-hydrogen) atoms. The summed E-state index contributed by atoms with van der Waals surface area (Å²) in [6.07, 6.45) is 2.02. The lowest BCUT2D eigenvalue weighted by Crippen LogP contribution is -2.42. The molecule has 1 fully saturated rings. The van der Waals surface area contributed by atoms with Crippen molar-refractivity contribution in [3.63, 3.8) is 0 Å². The van der Waals surface area contributed by atoms with Crippen LogP contribution in [-0.2, 0) is 4.79 Å².